The fourth-order valence-corrected chi connectivity index (χ4v) is 4.54. The van der Waals surface area contributed by atoms with Crippen LogP contribution in [0.3, 0.4) is 0 Å². The van der Waals surface area contributed by atoms with Gasteiger partial charge in [-0.25, -0.2) is 18.3 Å². The molecule has 2 N–H and O–H groups in total. The number of alkyl halides is 5. The molecule has 3 aromatic rings. The molecule has 4 heterocycles. The summed E-state index contributed by atoms with van der Waals surface area (Å²) < 4.78 is 68.9. The summed E-state index contributed by atoms with van der Waals surface area (Å²) in [7, 11) is 0. The summed E-state index contributed by atoms with van der Waals surface area (Å²) in [5.74, 6) is -2.91. The number of carbonyl (C=O) groups is 2. The van der Waals surface area contributed by atoms with Crippen molar-refractivity contribution < 1.29 is 36.0 Å². The Kier molecular flexibility index (Phi) is 13.9. The average Bonchev–Trinajstić information content (AvgIpc) is 3.95. The number of rotatable bonds is 5. The van der Waals surface area contributed by atoms with Crippen LogP contribution in [-0.4, -0.2) is 54.8 Å². The maximum Gasteiger partial charge on any atom is 0.408 e. The molecule has 0 bridgehead atoms. The summed E-state index contributed by atoms with van der Waals surface area (Å²) in [6.45, 7) is 6.04. The number of amides is 2. The third-order valence-corrected chi connectivity index (χ3v) is 7.31. The highest BCUT2D eigenvalue weighted by atomic mass is 19.4. The van der Waals surface area contributed by atoms with Gasteiger partial charge in [-0.15, -0.1) is 10.2 Å². The standard InChI is InChI=1S/C17H18F3N5O2.C6H10F2.C3H4N2O.C3H6.C2H6/c18-17(19,20)13-5-11(16(27)24-13)3-9-4-14-23-12(8-25(14)22-6-9)7-21-15(26)10-1-2-10;7-6(8)4-2-1-3-5-6;1-3-5-4-2-6-3;1-2-3-1;1-2/h4,6,8,10-11,13H,1-3,5,7H2,(H,21,26)(H,24,27);1-5H2;2H,1H3;1-3H2;1-2H3. The molecule has 4 fully saturated rings. The quantitative estimate of drug-likeness (QED) is 0.299. The van der Waals surface area contributed by atoms with E-state index in [0.29, 0.717) is 42.2 Å². The summed E-state index contributed by atoms with van der Waals surface area (Å²) in [5, 5.41) is 15.9. The van der Waals surface area contributed by atoms with Crippen molar-refractivity contribution in [2.45, 2.75) is 123 Å². The molecule has 2 amide bonds. The highest BCUT2D eigenvalue weighted by Crippen LogP contribution is 2.33. The Morgan fingerprint density at radius 3 is 2.22 bits per heavy atom. The zero-order valence-electron chi connectivity index (χ0n) is 26.6. The van der Waals surface area contributed by atoms with E-state index in [1.807, 2.05) is 19.2 Å². The van der Waals surface area contributed by atoms with Crippen LogP contribution in [0.1, 0.15) is 102 Å². The van der Waals surface area contributed by atoms with E-state index < -0.39 is 30.0 Å². The molecule has 46 heavy (non-hydrogen) atoms. The van der Waals surface area contributed by atoms with Gasteiger partial charge in [0.15, 0.2) is 5.65 Å². The monoisotopic (exact) mass is 657 g/mol. The molecule has 10 nitrogen and oxygen atoms in total. The Morgan fingerprint density at radius 2 is 1.76 bits per heavy atom. The second-order valence-corrected chi connectivity index (χ2v) is 11.6. The smallest absolute Gasteiger partial charge is 0.408 e. The molecule has 3 aromatic heterocycles. The van der Waals surface area contributed by atoms with E-state index in [1.54, 1.807) is 19.2 Å². The number of imidazole rings is 1. The Bertz CT molecular complexity index is 1350. The van der Waals surface area contributed by atoms with Gasteiger partial charge in [0, 0.05) is 31.6 Å². The van der Waals surface area contributed by atoms with Crippen molar-refractivity contribution in [2.75, 3.05) is 0 Å². The molecule has 2 atom stereocenters. The molecular formula is C31H44F5N7O3. The second kappa shape index (κ2) is 17.3. The zero-order valence-corrected chi connectivity index (χ0v) is 26.6. The topological polar surface area (TPSA) is 127 Å². The lowest BCUT2D eigenvalue weighted by molar-refractivity contribution is -0.154. The molecule has 3 aliphatic carbocycles. The highest BCUT2D eigenvalue weighted by Gasteiger charge is 2.47. The van der Waals surface area contributed by atoms with Crippen LogP contribution in [0.4, 0.5) is 22.0 Å². The largest absolute Gasteiger partial charge is 0.428 e. The van der Waals surface area contributed by atoms with E-state index in [9.17, 15) is 31.5 Å². The third-order valence-electron chi connectivity index (χ3n) is 7.31. The van der Waals surface area contributed by atoms with E-state index in [1.165, 1.54) is 36.4 Å². The number of hydrogen-bond donors (Lipinski definition) is 2. The van der Waals surface area contributed by atoms with Gasteiger partial charge in [0.2, 0.25) is 30.0 Å². The first-order valence-corrected chi connectivity index (χ1v) is 16.0. The van der Waals surface area contributed by atoms with Gasteiger partial charge in [0.05, 0.1) is 24.6 Å². The Labute approximate surface area is 265 Å². The maximum absolute atomic E-state index is 12.8. The predicted octanol–water partition coefficient (Wildman–Crippen LogP) is 6.53. The molecule has 0 spiro atoms. The molecule has 0 radical (unpaired) electrons. The zero-order chi connectivity index (χ0) is 33.7. The first-order chi connectivity index (χ1) is 21.9. The summed E-state index contributed by atoms with van der Waals surface area (Å²) in [5.41, 5.74) is 1.81. The van der Waals surface area contributed by atoms with E-state index >= 15 is 0 Å². The van der Waals surface area contributed by atoms with Crippen LogP contribution < -0.4 is 10.6 Å². The molecule has 2 unspecified atom stereocenters. The molecule has 7 rings (SSSR count). The van der Waals surface area contributed by atoms with Crippen LogP contribution in [0.2, 0.25) is 0 Å². The van der Waals surface area contributed by atoms with Gasteiger partial charge in [-0.05, 0) is 50.2 Å². The maximum atomic E-state index is 12.8. The minimum atomic E-state index is -4.44. The van der Waals surface area contributed by atoms with Gasteiger partial charge in [0.25, 0.3) is 0 Å². The first kappa shape index (κ1) is 36.8. The van der Waals surface area contributed by atoms with Gasteiger partial charge >= 0.3 is 6.18 Å². The number of halogens is 5. The molecule has 0 aromatic carbocycles. The van der Waals surface area contributed by atoms with E-state index in [-0.39, 0.29) is 37.5 Å². The predicted molar refractivity (Wildman–Crippen MR) is 160 cm³/mol. The van der Waals surface area contributed by atoms with Crippen LogP contribution in [0.5, 0.6) is 0 Å². The van der Waals surface area contributed by atoms with Crippen LogP contribution in [0.25, 0.3) is 5.65 Å². The van der Waals surface area contributed by atoms with Crippen molar-refractivity contribution in [2.24, 2.45) is 11.8 Å². The summed E-state index contributed by atoms with van der Waals surface area (Å²) in [4.78, 5) is 27.9. The Morgan fingerprint density at radius 1 is 1.11 bits per heavy atom. The van der Waals surface area contributed by atoms with Crippen molar-refractivity contribution in [1.82, 2.24) is 35.4 Å². The van der Waals surface area contributed by atoms with Gasteiger partial charge < -0.3 is 15.1 Å². The number of nitrogens with one attached hydrogen (secondary N) is 2. The summed E-state index contributed by atoms with van der Waals surface area (Å²) in [6, 6.07) is -0.0901. The molecule has 15 heteroatoms. The highest BCUT2D eigenvalue weighted by molar-refractivity contribution is 5.82. The molecule has 3 saturated carbocycles. The van der Waals surface area contributed by atoms with Crippen molar-refractivity contribution >= 4 is 17.5 Å². The summed E-state index contributed by atoms with van der Waals surface area (Å²) in [6.07, 6.45) is 8.98. The molecular weight excluding hydrogens is 613 g/mol. The average molecular weight is 658 g/mol. The number of nitrogens with zero attached hydrogens (tertiary/aromatic N) is 5. The summed E-state index contributed by atoms with van der Waals surface area (Å²) >= 11 is 0. The first-order valence-electron chi connectivity index (χ1n) is 16.0. The van der Waals surface area contributed by atoms with Crippen molar-refractivity contribution in [3.8, 4) is 0 Å². The van der Waals surface area contributed by atoms with Gasteiger partial charge in [-0.2, -0.15) is 18.3 Å². The van der Waals surface area contributed by atoms with Crippen molar-refractivity contribution in [3.63, 3.8) is 0 Å². The van der Waals surface area contributed by atoms with Gasteiger partial charge in [0.1, 0.15) is 6.04 Å². The SMILES string of the molecule is C1CC1.CC.Cc1nnco1.FC1(F)CCCCC1.O=C(NCc1cn2ncc(CC3CC(C(F)(F)F)NC3=O)cc2n1)C1CC1. The lowest BCUT2D eigenvalue weighted by Crippen LogP contribution is -2.38. The minimum Gasteiger partial charge on any atom is -0.428 e. The van der Waals surface area contributed by atoms with Crippen LogP contribution in [0, 0.1) is 18.8 Å². The van der Waals surface area contributed by atoms with Gasteiger partial charge in [-0.3, -0.25) is 9.59 Å². The van der Waals surface area contributed by atoms with Crippen LogP contribution >= 0.6 is 0 Å². The minimum absolute atomic E-state index is 0.0205. The lowest BCUT2D eigenvalue weighted by atomic mass is 9.97. The molecule has 4 aliphatic rings. The number of carbonyl (C=O) groups excluding carboxylic acids is 2. The third kappa shape index (κ3) is 13.0. The van der Waals surface area contributed by atoms with Gasteiger partial charge in [-0.1, -0.05) is 39.5 Å². The lowest BCUT2D eigenvalue weighted by Gasteiger charge is -2.20. The Balaban J connectivity index is 0.000000244. The molecule has 256 valence electrons. The second-order valence-electron chi connectivity index (χ2n) is 11.6. The fourth-order valence-electron chi connectivity index (χ4n) is 4.54. The van der Waals surface area contributed by atoms with Crippen molar-refractivity contribution in [1.29, 1.82) is 0 Å². The molecule has 1 saturated heterocycles. The number of aryl methyl sites for hydroxylation is 1. The number of hydrogen-bond acceptors (Lipinski definition) is 7. The van der Waals surface area contributed by atoms with E-state index in [4.69, 9.17) is 0 Å². The van der Waals surface area contributed by atoms with Crippen LogP contribution in [0.15, 0.2) is 29.3 Å². The normalized spacial score (nSPS) is 21.1. The van der Waals surface area contributed by atoms with E-state index in [2.05, 4.69) is 30.0 Å². The molecule has 1 aliphatic heterocycles. The fraction of sp³-hybridized carbons (Fsp3) is 0.677. The Hall–Kier alpha value is -3.65. The van der Waals surface area contributed by atoms with Crippen LogP contribution in [-0.2, 0) is 22.6 Å². The van der Waals surface area contributed by atoms with E-state index in [0.717, 1.165) is 19.3 Å². The number of aromatic nitrogens is 5. The van der Waals surface area contributed by atoms with Crippen molar-refractivity contribution in [3.05, 3.63) is 42.0 Å². The number of fused-ring (bicyclic) bond motifs is 1.